The number of H-pyrrole nitrogens is 1. The second-order valence-electron chi connectivity index (χ2n) is 4.26. The molecule has 1 unspecified atom stereocenters. The van der Waals surface area contributed by atoms with Crippen LogP contribution in [0, 0.1) is 20.8 Å². The summed E-state index contributed by atoms with van der Waals surface area (Å²) in [4.78, 5) is 13.1. The van der Waals surface area contributed by atoms with Gasteiger partial charge in [0.25, 0.3) is 0 Å². The van der Waals surface area contributed by atoms with E-state index in [-0.39, 0.29) is 0 Å². The molecule has 17 heavy (non-hydrogen) atoms. The molecule has 1 atom stereocenters. The minimum Gasteiger partial charge on any atom is -0.348 e. The average Bonchev–Trinajstić information content (AvgIpc) is 2.81. The lowest BCUT2D eigenvalue weighted by Gasteiger charge is -2.12. The van der Waals surface area contributed by atoms with Crippen LogP contribution in [-0.4, -0.2) is 15.0 Å². The normalized spacial score (nSPS) is 12.9. The molecule has 0 spiro atoms. The Kier molecular flexibility index (Phi) is 3.59. The van der Waals surface area contributed by atoms with E-state index < -0.39 is 0 Å². The second kappa shape index (κ2) is 4.98. The molecule has 0 amide bonds. The van der Waals surface area contributed by atoms with Crippen molar-refractivity contribution >= 4 is 11.3 Å². The molecule has 0 aromatic carbocycles. The summed E-state index contributed by atoms with van der Waals surface area (Å²) in [6.07, 6.45) is 1.74. The molecule has 2 aromatic rings. The first-order valence-electron chi connectivity index (χ1n) is 5.74. The predicted octanol–water partition coefficient (Wildman–Crippen LogP) is 2.64. The minimum atomic E-state index is 0.317. The molecule has 4 nitrogen and oxygen atoms in total. The highest BCUT2D eigenvalue weighted by atomic mass is 32.1. The first-order chi connectivity index (χ1) is 8.08. The van der Waals surface area contributed by atoms with Crippen molar-refractivity contribution in [3.63, 3.8) is 0 Å². The largest absolute Gasteiger partial charge is 0.348 e. The molecule has 0 bridgehead atoms. The molecule has 0 radical (unpaired) electrons. The van der Waals surface area contributed by atoms with Crippen LogP contribution in [0.25, 0.3) is 0 Å². The number of rotatable bonds is 4. The van der Waals surface area contributed by atoms with Crippen LogP contribution in [0.4, 0.5) is 0 Å². The molecule has 2 N–H and O–H groups in total. The number of nitrogens with one attached hydrogen (secondary N) is 2. The van der Waals surface area contributed by atoms with Crippen LogP contribution in [0.1, 0.15) is 39.9 Å². The third kappa shape index (κ3) is 2.73. The maximum absolute atomic E-state index is 4.45. The summed E-state index contributed by atoms with van der Waals surface area (Å²) in [5.41, 5.74) is 3.34. The zero-order valence-corrected chi connectivity index (χ0v) is 11.5. The maximum Gasteiger partial charge on any atom is 0.0925 e. The van der Waals surface area contributed by atoms with Gasteiger partial charge >= 0.3 is 0 Å². The Morgan fingerprint density at radius 3 is 2.71 bits per heavy atom. The number of nitrogens with zero attached hydrogens (tertiary/aromatic N) is 2. The first kappa shape index (κ1) is 12.3. The van der Waals surface area contributed by atoms with E-state index in [4.69, 9.17) is 0 Å². The molecule has 0 saturated heterocycles. The van der Waals surface area contributed by atoms with Gasteiger partial charge in [-0.15, -0.1) is 11.3 Å². The van der Waals surface area contributed by atoms with Crippen molar-refractivity contribution in [2.24, 2.45) is 0 Å². The second-order valence-corrected chi connectivity index (χ2v) is 5.49. The Morgan fingerprint density at radius 2 is 2.18 bits per heavy atom. The number of hydrogen-bond acceptors (Lipinski definition) is 4. The molecule has 0 aliphatic carbocycles. The Morgan fingerprint density at radius 1 is 1.41 bits per heavy atom. The number of hydrogen-bond donors (Lipinski definition) is 2. The summed E-state index contributed by atoms with van der Waals surface area (Å²) in [5, 5.41) is 4.61. The van der Waals surface area contributed by atoms with Crippen LogP contribution >= 0.6 is 11.3 Å². The molecule has 5 heteroatoms. The van der Waals surface area contributed by atoms with Gasteiger partial charge in [0.2, 0.25) is 0 Å². The molecule has 0 aliphatic heterocycles. The van der Waals surface area contributed by atoms with Crippen LogP contribution in [0.3, 0.4) is 0 Å². The fraction of sp³-hybridized carbons (Fsp3) is 0.500. The lowest BCUT2D eigenvalue weighted by molar-refractivity contribution is 0.572. The predicted molar refractivity (Wildman–Crippen MR) is 70.2 cm³/mol. The van der Waals surface area contributed by atoms with E-state index in [1.807, 2.05) is 13.8 Å². The fourth-order valence-corrected chi connectivity index (χ4v) is 2.81. The maximum atomic E-state index is 4.45. The third-order valence-corrected chi connectivity index (χ3v) is 4.10. The van der Waals surface area contributed by atoms with Crippen LogP contribution < -0.4 is 5.32 Å². The summed E-state index contributed by atoms with van der Waals surface area (Å²) in [5.74, 6) is 0. The van der Waals surface area contributed by atoms with E-state index in [1.165, 1.54) is 4.88 Å². The van der Waals surface area contributed by atoms with Crippen LogP contribution in [-0.2, 0) is 6.54 Å². The molecular formula is C12H18N4S. The molecule has 0 aliphatic rings. The standard InChI is InChI=1S/C12H18N4S/c1-7-11(15-6-14-7)5-13-8(2)12-9(3)16-10(4)17-12/h6,8,13H,5H2,1-4H3,(H,14,15). The zero-order valence-electron chi connectivity index (χ0n) is 10.7. The summed E-state index contributed by atoms with van der Waals surface area (Å²) in [7, 11) is 0. The number of aryl methyl sites for hydroxylation is 3. The molecule has 92 valence electrons. The fourth-order valence-electron chi connectivity index (χ4n) is 1.86. The van der Waals surface area contributed by atoms with Gasteiger partial charge in [-0.25, -0.2) is 9.97 Å². The molecule has 2 heterocycles. The number of thiazole rings is 1. The van der Waals surface area contributed by atoms with Gasteiger partial charge in [0.05, 0.1) is 22.7 Å². The van der Waals surface area contributed by atoms with Crippen molar-refractivity contribution in [3.8, 4) is 0 Å². The average molecular weight is 250 g/mol. The Hall–Kier alpha value is -1.20. The smallest absolute Gasteiger partial charge is 0.0925 e. The van der Waals surface area contributed by atoms with Gasteiger partial charge in [0.15, 0.2) is 0 Å². The molecule has 2 aromatic heterocycles. The monoisotopic (exact) mass is 250 g/mol. The summed E-state index contributed by atoms with van der Waals surface area (Å²) >= 11 is 1.76. The molecule has 0 fully saturated rings. The SMILES string of the molecule is Cc1nc(C)c(C(C)NCc2nc[nH]c2C)s1. The van der Waals surface area contributed by atoms with Crippen molar-refractivity contribution < 1.29 is 0 Å². The van der Waals surface area contributed by atoms with Gasteiger partial charge in [-0.3, -0.25) is 0 Å². The number of imidazole rings is 1. The molecular weight excluding hydrogens is 232 g/mol. The lowest BCUT2D eigenvalue weighted by atomic mass is 10.2. The minimum absolute atomic E-state index is 0.317. The van der Waals surface area contributed by atoms with Crippen LogP contribution in [0.5, 0.6) is 0 Å². The topological polar surface area (TPSA) is 53.6 Å². The number of aromatic nitrogens is 3. The van der Waals surface area contributed by atoms with Crippen molar-refractivity contribution in [1.82, 2.24) is 20.3 Å². The molecule has 2 rings (SSSR count). The van der Waals surface area contributed by atoms with Gasteiger partial charge in [-0.05, 0) is 27.7 Å². The summed E-state index contributed by atoms with van der Waals surface area (Å²) in [6.45, 7) is 9.11. The Bertz CT molecular complexity index is 500. The summed E-state index contributed by atoms with van der Waals surface area (Å²) < 4.78 is 0. The van der Waals surface area contributed by atoms with E-state index in [1.54, 1.807) is 17.7 Å². The Labute approximate surface area is 106 Å². The van der Waals surface area contributed by atoms with Gasteiger partial charge in [-0.2, -0.15) is 0 Å². The van der Waals surface area contributed by atoms with E-state index in [0.717, 1.165) is 28.6 Å². The van der Waals surface area contributed by atoms with Crippen LogP contribution in [0.2, 0.25) is 0 Å². The highest BCUT2D eigenvalue weighted by Crippen LogP contribution is 2.24. The van der Waals surface area contributed by atoms with Crippen molar-refractivity contribution in [2.75, 3.05) is 0 Å². The van der Waals surface area contributed by atoms with Crippen molar-refractivity contribution in [3.05, 3.63) is 33.3 Å². The number of aromatic amines is 1. The van der Waals surface area contributed by atoms with Gasteiger partial charge in [0, 0.05) is 23.2 Å². The Balaban J connectivity index is 2.00. The van der Waals surface area contributed by atoms with E-state index in [2.05, 4.69) is 34.1 Å². The van der Waals surface area contributed by atoms with Gasteiger partial charge in [0.1, 0.15) is 0 Å². The highest BCUT2D eigenvalue weighted by molar-refractivity contribution is 7.11. The van der Waals surface area contributed by atoms with Gasteiger partial charge in [-0.1, -0.05) is 0 Å². The quantitative estimate of drug-likeness (QED) is 0.877. The lowest BCUT2D eigenvalue weighted by Crippen LogP contribution is -2.18. The zero-order chi connectivity index (χ0) is 12.4. The highest BCUT2D eigenvalue weighted by Gasteiger charge is 2.13. The van der Waals surface area contributed by atoms with E-state index in [0.29, 0.717) is 6.04 Å². The van der Waals surface area contributed by atoms with E-state index in [9.17, 15) is 0 Å². The first-order valence-corrected chi connectivity index (χ1v) is 6.55. The van der Waals surface area contributed by atoms with Crippen molar-refractivity contribution in [2.45, 2.75) is 40.3 Å². The molecule has 0 saturated carbocycles. The third-order valence-electron chi connectivity index (χ3n) is 2.84. The van der Waals surface area contributed by atoms with E-state index >= 15 is 0 Å². The summed E-state index contributed by atoms with van der Waals surface area (Å²) in [6, 6.07) is 0.317. The van der Waals surface area contributed by atoms with Gasteiger partial charge < -0.3 is 10.3 Å². The van der Waals surface area contributed by atoms with Crippen molar-refractivity contribution in [1.29, 1.82) is 0 Å². The van der Waals surface area contributed by atoms with Crippen LogP contribution in [0.15, 0.2) is 6.33 Å².